The van der Waals surface area contributed by atoms with Gasteiger partial charge in [0.1, 0.15) is 0 Å². The van der Waals surface area contributed by atoms with Crippen LogP contribution in [0, 0.1) is 11.8 Å². The first kappa shape index (κ1) is 21.9. The van der Waals surface area contributed by atoms with Crippen molar-refractivity contribution in [2.45, 2.75) is 58.8 Å². The van der Waals surface area contributed by atoms with E-state index in [0.717, 1.165) is 31.6 Å². The summed E-state index contributed by atoms with van der Waals surface area (Å²) in [6, 6.07) is 6.70. The van der Waals surface area contributed by atoms with Crippen LogP contribution >= 0.6 is 0 Å². The molecule has 6 nitrogen and oxygen atoms in total. The third kappa shape index (κ3) is 7.33. The van der Waals surface area contributed by atoms with E-state index in [1.165, 1.54) is 26.2 Å². The van der Waals surface area contributed by atoms with Gasteiger partial charge in [-0.05, 0) is 55.9 Å². The summed E-state index contributed by atoms with van der Waals surface area (Å²) >= 11 is 0. The highest BCUT2D eigenvalue weighted by atomic mass is 16.2. The first-order valence-corrected chi connectivity index (χ1v) is 10.4. The lowest BCUT2D eigenvalue weighted by Gasteiger charge is -2.27. The van der Waals surface area contributed by atoms with E-state index in [4.69, 9.17) is 0 Å². The summed E-state index contributed by atoms with van der Waals surface area (Å²) in [6.07, 6.45) is 8.10. The van der Waals surface area contributed by atoms with Gasteiger partial charge < -0.3 is 16.0 Å². The van der Waals surface area contributed by atoms with E-state index in [1.807, 2.05) is 0 Å². The molecule has 6 heteroatoms. The average molecular weight is 388 g/mol. The van der Waals surface area contributed by atoms with Gasteiger partial charge in [0, 0.05) is 37.2 Å². The Morgan fingerprint density at radius 2 is 1.61 bits per heavy atom. The maximum Gasteiger partial charge on any atom is 0.251 e. The van der Waals surface area contributed by atoms with Gasteiger partial charge in [-0.15, -0.1) is 0 Å². The number of benzene rings is 1. The fourth-order valence-corrected chi connectivity index (χ4v) is 3.72. The van der Waals surface area contributed by atoms with E-state index >= 15 is 0 Å². The van der Waals surface area contributed by atoms with E-state index in [0.29, 0.717) is 24.3 Å². The number of carbonyl (C=O) groups is 3. The molecule has 3 amide bonds. The minimum atomic E-state index is -0.194. The number of unbranched alkanes of at least 4 members (excludes halogenated alkanes) is 1. The van der Waals surface area contributed by atoms with Crippen LogP contribution in [-0.4, -0.2) is 30.8 Å². The van der Waals surface area contributed by atoms with Crippen molar-refractivity contribution in [3.8, 4) is 0 Å². The molecule has 0 radical (unpaired) electrons. The molecule has 1 fully saturated rings. The van der Waals surface area contributed by atoms with Crippen LogP contribution in [0.5, 0.6) is 0 Å². The third-order valence-corrected chi connectivity index (χ3v) is 5.36. The van der Waals surface area contributed by atoms with Crippen molar-refractivity contribution < 1.29 is 14.4 Å². The number of nitrogens with one attached hydrogen (secondary N) is 3. The quantitative estimate of drug-likeness (QED) is 0.567. The Morgan fingerprint density at radius 1 is 0.964 bits per heavy atom. The first-order valence-electron chi connectivity index (χ1n) is 10.4. The molecule has 1 saturated carbocycles. The van der Waals surface area contributed by atoms with Gasteiger partial charge in [-0.25, -0.2) is 0 Å². The van der Waals surface area contributed by atoms with Gasteiger partial charge in [-0.2, -0.15) is 0 Å². The molecular formula is C22H33N3O3. The summed E-state index contributed by atoms with van der Waals surface area (Å²) in [5, 5.41) is 8.41. The maximum absolute atomic E-state index is 12.3. The van der Waals surface area contributed by atoms with Gasteiger partial charge in [0.15, 0.2) is 0 Å². The Hall–Kier alpha value is -2.37. The highest BCUT2D eigenvalue weighted by molar-refractivity contribution is 5.95. The molecule has 1 aromatic carbocycles. The predicted octanol–water partition coefficient (Wildman–Crippen LogP) is 3.49. The minimum Gasteiger partial charge on any atom is -0.354 e. The monoisotopic (exact) mass is 387 g/mol. The van der Waals surface area contributed by atoms with E-state index in [9.17, 15) is 14.4 Å². The van der Waals surface area contributed by atoms with Crippen LogP contribution in [0.15, 0.2) is 24.3 Å². The fraction of sp³-hybridized carbons (Fsp3) is 0.591. The van der Waals surface area contributed by atoms with Crippen LogP contribution in [0.4, 0.5) is 5.69 Å². The molecule has 1 aromatic rings. The maximum atomic E-state index is 12.3. The van der Waals surface area contributed by atoms with Crippen molar-refractivity contribution in [2.75, 3.05) is 18.4 Å². The number of carbonyl (C=O) groups excluding carboxylic acids is 3. The summed E-state index contributed by atoms with van der Waals surface area (Å²) in [5.41, 5.74) is 1.17. The van der Waals surface area contributed by atoms with Crippen molar-refractivity contribution >= 4 is 23.4 Å². The van der Waals surface area contributed by atoms with Crippen molar-refractivity contribution in [1.29, 1.82) is 0 Å². The van der Waals surface area contributed by atoms with Crippen molar-refractivity contribution in [2.24, 2.45) is 11.8 Å². The summed E-state index contributed by atoms with van der Waals surface area (Å²) in [7, 11) is 0. The molecule has 0 aliphatic heterocycles. The molecule has 28 heavy (non-hydrogen) atoms. The molecule has 154 valence electrons. The van der Waals surface area contributed by atoms with Crippen LogP contribution in [0.1, 0.15) is 69.2 Å². The predicted molar refractivity (Wildman–Crippen MR) is 111 cm³/mol. The molecule has 0 bridgehead atoms. The average Bonchev–Trinajstić information content (AvgIpc) is 2.69. The number of rotatable bonds is 9. The summed E-state index contributed by atoms with van der Waals surface area (Å²) in [5.74, 6) is 0.681. The number of amides is 3. The second-order valence-electron chi connectivity index (χ2n) is 7.67. The van der Waals surface area contributed by atoms with Gasteiger partial charge >= 0.3 is 0 Å². The van der Waals surface area contributed by atoms with Crippen LogP contribution in [0.3, 0.4) is 0 Å². The SMILES string of the molecule is CCCCC1CCC(C(=O)NCCNC(=O)c2ccc(NC(C)=O)cc2)CC1. The lowest BCUT2D eigenvalue weighted by atomic mass is 9.79. The molecule has 1 aliphatic carbocycles. The fourth-order valence-electron chi connectivity index (χ4n) is 3.72. The Morgan fingerprint density at radius 3 is 2.21 bits per heavy atom. The number of hydrogen-bond donors (Lipinski definition) is 3. The topological polar surface area (TPSA) is 87.3 Å². The zero-order valence-electron chi connectivity index (χ0n) is 17.1. The molecule has 0 atom stereocenters. The molecule has 0 unspecified atom stereocenters. The molecule has 2 rings (SSSR count). The Labute approximate surface area is 167 Å². The summed E-state index contributed by atoms with van der Waals surface area (Å²) in [6.45, 7) is 4.49. The normalized spacial score (nSPS) is 18.9. The molecule has 0 aromatic heterocycles. The molecular weight excluding hydrogens is 354 g/mol. The first-order chi connectivity index (χ1) is 13.5. The van der Waals surface area contributed by atoms with E-state index < -0.39 is 0 Å². The van der Waals surface area contributed by atoms with E-state index in [-0.39, 0.29) is 23.6 Å². The Balaban J connectivity index is 1.63. The molecule has 0 spiro atoms. The van der Waals surface area contributed by atoms with Crippen LogP contribution in [0.25, 0.3) is 0 Å². The molecule has 0 saturated heterocycles. The Bertz CT molecular complexity index is 649. The molecule has 3 N–H and O–H groups in total. The highest BCUT2D eigenvalue weighted by Crippen LogP contribution is 2.31. The van der Waals surface area contributed by atoms with Gasteiger partial charge in [-0.3, -0.25) is 14.4 Å². The van der Waals surface area contributed by atoms with Crippen LogP contribution < -0.4 is 16.0 Å². The zero-order chi connectivity index (χ0) is 20.4. The van der Waals surface area contributed by atoms with Gasteiger partial charge in [-0.1, -0.05) is 26.2 Å². The lowest BCUT2D eigenvalue weighted by Crippen LogP contribution is -2.38. The van der Waals surface area contributed by atoms with Crippen LogP contribution in [-0.2, 0) is 9.59 Å². The van der Waals surface area contributed by atoms with Gasteiger partial charge in [0.05, 0.1) is 0 Å². The van der Waals surface area contributed by atoms with Crippen molar-refractivity contribution in [1.82, 2.24) is 10.6 Å². The number of anilines is 1. The van der Waals surface area contributed by atoms with Gasteiger partial charge in [0.2, 0.25) is 11.8 Å². The van der Waals surface area contributed by atoms with Gasteiger partial charge in [0.25, 0.3) is 5.91 Å². The van der Waals surface area contributed by atoms with E-state index in [2.05, 4.69) is 22.9 Å². The second kappa shape index (κ2) is 11.5. The van der Waals surface area contributed by atoms with Crippen molar-refractivity contribution in [3.63, 3.8) is 0 Å². The minimum absolute atomic E-state index is 0.114. The molecule has 0 heterocycles. The molecule has 1 aliphatic rings. The third-order valence-electron chi connectivity index (χ3n) is 5.36. The largest absolute Gasteiger partial charge is 0.354 e. The summed E-state index contributed by atoms with van der Waals surface area (Å²) in [4.78, 5) is 35.4. The summed E-state index contributed by atoms with van der Waals surface area (Å²) < 4.78 is 0. The number of hydrogen-bond acceptors (Lipinski definition) is 3. The smallest absolute Gasteiger partial charge is 0.251 e. The van der Waals surface area contributed by atoms with Crippen molar-refractivity contribution in [3.05, 3.63) is 29.8 Å². The van der Waals surface area contributed by atoms with Crippen LogP contribution in [0.2, 0.25) is 0 Å². The highest BCUT2D eigenvalue weighted by Gasteiger charge is 2.25. The lowest BCUT2D eigenvalue weighted by molar-refractivity contribution is -0.126. The standard InChI is InChI=1S/C22H33N3O3/c1-3-4-5-17-6-8-18(9-7-17)21(27)23-14-15-24-22(28)19-10-12-20(13-11-19)25-16(2)26/h10-13,17-18H,3-9,14-15H2,1-2H3,(H,23,27)(H,24,28)(H,25,26). The van der Waals surface area contributed by atoms with E-state index in [1.54, 1.807) is 24.3 Å². The second-order valence-corrected chi connectivity index (χ2v) is 7.67. The Kier molecular flexibility index (Phi) is 8.98. The zero-order valence-corrected chi connectivity index (χ0v) is 17.1.